The number of benzene rings is 2. The molecule has 0 unspecified atom stereocenters. The van der Waals surface area contributed by atoms with E-state index in [1.165, 1.54) is 0 Å². The van der Waals surface area contributed by atoms with Crippen molar-refractivity contribution < 1.29 is 21.5 Å². The van der Waals surface area contributed by atoms with Gasteiger partial charge in [-0.05, 0) is 37.3 Å². The van der Waals surface area contributed by atoms with Gasteiger partial charge in [0, 0.05) is 39.8 Å². The first-order valence-corrected chi connectivity index (χ1v) is 12.1. The quantitative estimate of drug-likeness (QED) is 0.432. The van der Waals surface area contributed by atoms with E-state index in [0.717, 1.165) is 16.7 Å². The summed E-state index contributed by atoms with van der Waals surface area (Å²) in [5.74, 6) is 11.5. The Morgan fingerprint density at radius 2 is 2.09 bits per heavy atom. The first-order valence-electron chi connectivity index (χ1n) is 11.7. The molecular weight excluding hydrogens is 438 g/mol. The van der Waals surface area contributed by atoms with Gasteiger partial charge in [-0.3, -0.25) is 8.98 Å². The number of carbonyl (C=O) groups is 1. The number of hydrogen-bond acceptors (Lipinski definition) is 5. The van der Waals surface area contributed by atoms with Crippen LogP contribution in [0.2, 0.25) is 0 Å². The van der Waals surface area contributed by atoms with Crippen LogP contribution in [0.1, 0.15) is 62.4 Å². The van der Waals surface area contributed by atoms with E-state index in [-0.39, 0.29) is 12.6 Å². The van der Waals surface area contributed by atoms with Gasteiger partial charge in [-0.15, -0.1) is 5.92 Å². The third-order valence-corrected chi connectivity index (χ3v) is 6.36. The van der Waals surface area contributed by atoms with Crippen molar-refractivity contribution in [2.45, 2.75) is 25.4 Å². The lowest BCUT2D eigenvalue weighted by Gasteiger charge is -2.24. The molecule has 1 amide bonds. The van der Waals surface area contributed by atoms with Crippen molar-refractivity contribution >= 4 is 27.1 Å². The Morgan fingerprint density at radius 3 is 2.85 bits per heavy atom. The molecule has 0 aliphatic carbocycles. The predicted molar refractivity (Wildman–Crippen MR) is 124 cm³/mol. The summed E-state index contributed by atoms with van der Waals surface area (Å²) in [6.07, 6.45) is 1.31. The number of carbonyl (C=O) groups excluding carboxylic acids is 1. The Morgan fingerprint density at radius 1 is 1.24 bits per heavy atom. The maximum Gasteiger partial charge on any atom is 0.265 e. The minimum atomic E-state index is -3.59. The summed E-state index contributed by atoms with van der Waals surface area (Å²) in [5, 5.41) is 0. The number of fused-ring (bicyclic) bond motifs is 9. The zero-order valence-corrected chi connectivity index (χ0v) is 18.7. The number of rotatable bonds is 2. The summed E-state index contributed by atoms with van der Waals surface area (Å²) in [7, 11) is -3.59. The molecule has 2 aromatic carbocycles. The Hall–Kier alpha value is -3.59. The molecule has 2 bridgehead atoms. The average Bonchev–Trinajstić information content (AvgIpc) is 3.28. The molecule has 0 fully saturated rings. The van der Waals surface area contributed by atoms with Crippen molar-refractivity contribution in [1.29, 1.82) is 0 Å². The van der Waals surface area contributed by atoms with Gasteiger partial charge in [0.1, 0.15) is 12.4 Å². The van der Waals surface area contributed by atoms with Gasteiger partial charge >= 0.3 is 0 Å². The summed E-state index contributed by atoms with van der Waals surface area (Å²) in [5.41, 5.74) is 3.66. The Balaban J connectivity index is 1.71. The second kappa shape index (κ2) is 7.77. The van der Waals surface area contributed by atoms with Crippen LogP contribution in [0.25, 0.3) is 11.0 Å². The highest BCUT2D eigenvalue weighted by atomic mass is 32.2. The minimum Gasteiger partial charge on any atom is -0.331 e. The number of aromatic nitrogens is 2. The van der Waals surface area contributed by atoms with Gasteiger partial charge in [-0.2, -0.15) is 8.42 Å². The van der Waals surface area contributed by atoms with E-state index in [0.29, 0.717) is 40.0 Å². The molecular formula is C25H21N3O4S. The van der Waals surface area contributed by atoms with Gasteiger partial charge in [0.05, 0.1) is 29.4 Å². The molecule has 2 atom stereocenters. The van der Waals surface area contributed by atoms with Crippen LogP contribution < -0.4 is 0 Å². The molecule has 0 radical (unpaired) electrons. The van der Waals surface area contributed by atoms with Gasteiger partial charge in [-0.25, -0.2) is 4.98 Å². The topological polar surface area (TPSA) is 81.5 Å². The van der Waals surface area contributed by atoms with Crippen molar-refractivity contribution in [3.05, 3.63) is 64.5 Å². The molecule has 0 saturated carbocycles. The van der Waals surface area contributed by atoms with E-state index < -0.39 is 29.0 Å². The Kier molecular flexibility index (Phi) is 4.22. The number of nitrogens with zero attached hydrogens (tertiary/aromatic N) is 3. The number of hydrogen-bond donors (Lipinski definition) is 0. The molecule has 8 heteroatoms. The number of imidazole rings is 1. The van der Waals surface area contributed by atoms with Crippen LogP contribution in [0.15, 0.2) is 36.4 Å². The lowest BCUT2D eigenvalue weighted by Crippen LogP contribution is -2.30. The van der Waals surface area contributed by atoms with Crippen LogP contribution in [-0.2, 0) is 14.3 Å². The molecule has 7 nitrogen and oxygen atoms in total. The van der Waals surface area contributed by atoms with Crippen molar-refractivity contribution in [3.8, 4) is 23.7 Å². The average molecular weight is 463 g/mol. The molecule has 33 heavy (non-hydrogen) atoms. The molecule has 166 valence electrons. The van der Waals surface area contributed by atoms with Gasteiger partial charge in [0.15, 0.2) is 0 Å². The highest BCUT2D eigenvalue weighted by Gasteiger charge is 2.44. The lowest BCUT2D eigenvalue weighted by molar-refractivity contribution is 0.0734. The molecule has 2 aliphatic heterocycles. The monoisotopic (exact) mass is 462 g/mol. The second-order valence-electron chi connectivity index (χ2n) is 7.90. The Labute approximate surface area is 196 Å². The van der Waals surface area contributed by atoms with Crippen LogP contribution in [0.4, 0.5) is 0 Å². The zero-order chi connectivity index (χ0) is 25.8. The van der Waals surface area contributed by atoms with Crippen molar-refractivity contribution in [3.63, 3.8) is 0 Å². The van der Waals surface area contributed by atoms with Gasteiger partial charge in [-0.1, -0.05) is 23.8 Å². The molecule has 0 saturated heterocycles. The molecule has 2 aliphatic rings. The largest absolute Gasteiger partial charge is 0.331 e. The van der Waals surface area contributed by atoms with Crippen molar-refractivity contribution in [2.24, 2.45) is 0 Å². The summed E-state index contributed by atoms with van der Waals surface area (Å²) in [6.45, 7) is -1.22. The van der Waals surface area contributed by atoms with Gasteiger partial charge in [0.2, 0.25) is 0 Å². The smallest absolute Gasteiger partial charge is 0.265 e. The molecule has 0 spiro atoms. The maximum atomic E-state index is 13.5. The molecule has 1 aromatic heterocycles. The Bertz CT molecular complexity index is 1650. The van der Waals surface area contributed by atoms with E-state index in [2.05, 4.69) is 27.9 Å². The second-order valence-corrected chi connectivity index (χ2v) is 9.54. The number of amides is 1. The molecule has 0 N–H and O–H groups in total. The normalized spacial score (nSPS) is 20.4. The van der Waals surface area contributed by atoms with E-state index >= 15 is 0 Å². The predicted octanol–water partition coefficient (Wildman–Crippen LogP) is 2.86. The van der Waals surface area contributed by atoms with Gasteiger partial charge < -0.3 is 9.47 Å². The van der Waals surface area contributed by atoms with Crippen LogP contribution in [0, 0.1) is 23.7 Å². The van der Waals surface area contributed by atoms with E-state index in [1.807, 2.05) is 16.7 Å². The first-order chi connectivity index (χ1) is 17.0. The molecule has 3 aromatic rings. The van der Waals surface area contributed by atoms with Gasteiger partial charge in [0.25, 0.3) is 16.0 Å². The van der Waals surface area contributed by atoms with E-state index in [1.54, 1.807) is 31.2 Å². The molecule has 3 heterocycles. The van der Waals surface area contributed by atoms with Crippen LogP contribution in [0.5, 0.6) is 0 Å². The highest BCUT2D eigenvalue weighted by molar-refractivity contribution is 7.86. The van der Waals surface area contributed by atoms with Crippen LogP contribution >= 0.6 is 0 Å². The standard InChI is InChI=1S/C25H21N3O4S/c1-4-7-17-9-5-10-18-23(17)21-15-22(27(2)25(18)29)24-26-19-12-11-16(14-20(19)28(21)24)8-6-13-32-33(3,30)31/h5,9-12,14,21-22H,13,15H2,1-3H3/t21-,22-/m1/s1/i2D3. The zero-order valence-electron chi connectivity index (χ0n) is 20.9. The maximum absolute atomic E-state index is 13.5. The third-order valence-electron chi connectivity index (χ3n) is 5.81. The summed E-state index contributed by atoms with van der Waals surface area (Å²) in [6, 6.07) is 9.45. The van der Waals surface area contributed by atoms with Crippen molar-refractivity contribution in [1.82, 2.24) is 14.5 Å². The third kappa shape index (κ3) is 3.58. The van der Waals surface area contributed by atoms with E-state index in [9.17, 15) is 13.2 Å². The highest BCUT2D eigenvalue weighted by Crippen LogP contribution is 2.48. The van der Waals surface area contributed by atoms with Crippen LogP contribution in [0.3, 0.4) is 0 Å². The summed E-state index contributed by atoms with van der Waals surface area (Å²) < 4.78 is 53.4. The van der Waals surface area contributed by atoms with Crippen molar-refractivity contribution in [2.75, 3.05) is 19.8 Å². The lowest BCUT2D eigenvalue weighted by atomic mass is 9.93. The van der Waals surface area contributed by atoms with E-state index in [4.69, 9.17) is 9.10 Å². The fourth-order valence-electron chi connectivity index (χ4n) is 4.54. The molecule has 5 rings (SSSR count). The SMILES string of the molecule is [2H]C([2H])([2H])N1C(=O)c2cccc(C#CC)c2[C@H]2C[C@@H]1c1nc3ccc(C#CCOS(C)(=O)=O)cc3n12. The fraction of sp³-hybridized carbons (Fsp3) is 0.280. The fourth-order valence-corrected chi connectivity index (χ4v) is 4.82. The minimum absolute atomic E-state index is 0.270. The summed E-state index contributed by atoms with van der Waals surface area (Å²) >= 11 is 0. The van der Waals surface area contributed by atoms with Crippen LogP contribution in [-0.4, -0.2) is 48.6 Å². The summed E-state index contributed by atoms with van der Waals surface area (Å²) in [4.78, 5) is 19.2. The first kappa shape index (κ1) is 17.9.